The second-order valence-electron chi connectivity index (χ2n) is 4.90. The normalized spacial score (nSPS) is 33.0. The van der Waals surface area contributed by atoms with Gasteiger partial charge in [0.25, 0.3) is 0 Å². The van der Waals surface area contributed by atoms with Gasteiger partial charge in [0.05, 0.1) is 4.88 Å². The number of hydrogen-bond acceptors (Lipinski definition) is 4. The Bertz CT molecular complexity index is 461. The van der Waals surface area contributed by atoms with Crippen LogP contribution in [0.25, 0.3) is 0 Å². The number of fused-ring (bicyclic) bond motifs is 1. The Morgan fingerprint density at radius 2 is 2.22 bits per heavy atom. The third-order valence-electron chi connectivity index (χ3n) is 3.87. The molecule has 0 aromatic carbocycles. The summed E-state index contributed by atoms with van der Waals surface area (Å²) in [5, 5.41) is 9.80. The van der Waals surface area contributed by atoms with E-state index in [-0.39, 0.29) is 6.04 Å². The molecule has 3 rings (SSSR count). The molecule has 0 amide bonds. The summed E-state index contributed by atoms with van der Waals surface area (Å²) in [6.45, 7) is 1.68. The van der Waals surface area contributed by atoms with Gasteiger partial charge < -0.3 is 5.11 Å². The number of aliphatic hydroxyl groups is 1. The van der Waals surface area contributed by atoms with Crippen LogP contribution in [0.2, 0.25) is 0 Å². The Labute approximate surface area is 106 Å². The lowest BCUT2D eigenvalue weighted by molar-refractivity contribution is -0.137. The molecule has 0 aliphatic carbocycles. The monoisotopic (exact) mass is 278 g/mol. The minimum Gasteiger partial charge on any atom is -0.383 e. The van der Waals surface area contributed by atoms with Crippen LogP contribution in [0.1, 0.15) is 29.1 Å². The average molecular weight is 278 g/mol. The zero-order valence-electron chi connectivity index (χ0n) is 9.57. The zero-order valence-corrected chi connectivity index (χ0v) is 10.4. The molecule has 3 heterocycles. The first-order valence-corrected chi connectivity index (χ1v) is 6.73. The van der Waals surface area contributed by atoms with E-state index in [4.69, 9.17) is 0 Å². The minimum atomic E-state index is -4.42. The maximum Gasteiger partial charge on any atom is 0.443 e. The predicted octanol–water partition coefficient (Wildman–Crippen LogP) is 2.22. The zero-order chi connectivity index (χ0) is 13.0. The van der Waals surface area contributed by atoms with Crippen LogP contribution in [-0.4, -0.2) is 34.1 Å². The molecule has 2 saturated heterocycles. The van der Waals surface area contributed by atoms with Gasteiger partial charge in [-0.15, -0.1) is 11.3 Å². The third kappa shape index (κ3) is 1.76. The molecule has 2 aliphatic heterocycles. The summed E-state index contributed by atoms with van der Waals surface area (Å²) in [7, 11) is 0. The number of nitrogens with zero attached hydrogens (tertiary/aromatic N) is 2. The number of rotatable bonds is 1. The van der Waals surface area contributed by atoms with Gasteiger partial charge in [0.2, 0.25) is 0 Å². The van der Waals surface area contributed by atoms with Gasteiger partial charge >= 0.3 is 6.18 Å². The van der Waals surface area contributed by atoms with Gasteiger partial charge in [-0.3, -0.25) is 4.90 Å². The number of hydrogen-bond donors (Lipinski definition) is 1. The lowest BCUT2D eigenvalue weighted by Crippen LogP contribution is -2.38. The minimum absolute atomic E-state index is 0.0426. The van der Waals surface area contributed by atoms with Crippen LogP contribution >= 0.6 is 11.3 Å². The van der Waals surface area contributed by atoms with Crippen molar-refractivity contribution in [2.24, 2.45) is 0 Å². The Kier molecular flexibility index (Phi) is 2.69. The maximum absolute atomic E-state index is 12.5. The van der Waals surface area contributed by atoms with Crippen LogP contribution in [0, 0.1) is 0 Å². The quantitative estimate of drug-likeness (QED) is 0.855. The van der Waals surface area contributed by atoms with Crippen molar-refractivity contribution in [3.63, 3.8) is 0 Å². The van der Waals surface area contributed by atoms with Crippen LogP contribution < -0.4 is 0 Å². The first kappa shape index (κ1) is 12.4. The SMILES string of the molecule is OC1(c2cnc(C(F)(F)F)s2)CCN2CCCC21. The lowest BCUT2D eigenvalue weighted by atomic mass is 9.92. The molecular formula is C11H13F3N2OS. The molecule has 0 radical (unpaired) electrons. The van der Waals surface area contributed by atoms with Crippen molar-refractivity contribution in [1.29, 1.82) is 0 Å². The van der Waals surface area contributed by atoms with Gasteiger partial charge in [0.1, 0.15) is 5.60 Å². The van der Waals surface area contributed by atoms with Crippen LogP contribution in [0.15, 0.2) is 6.20 Å². The fraction of sp³-hybridized carbons (Fsp3) is 0.727. The number of halogens is 3. The molecule has 2 fully saturated rings. The summed E-state index contributed by atoms with van der Waals surface area (Å²) in [6, 6.07) is -0.0426. The van der Waals surface area contributed by atoms with E-state index >= 15 is 0 Å². The molecule has 1 aromatic rings. The topological polar surface area (TPSA) is 36.4 Å². The molecule has 0 spiro atoms. The molecule has 0 saturated carbocycles. The van der Waals surface area contributed by atoms with E-state index in [0.29, 0.717) is 22.6 Å². The summed E-state index contributed by atoms with van der Waals surface area (Å²) >= 11 is 0.572. The van der Waals surface area contributed by atoms with E-state index in [0.717, 1.165) is 25.9 Å². The molecule has 1 N–H and O–H groups in total. The molecule has 18 heavy (non-hydrogen) atoms. The van der Waals surface area contributed by atoms with E-state index in [1.165, 1.54) is 6.20 Å². The average Bonchev–Trinajstić information content (AvgIpc) is 2.95. The molecule has 2 atom stereocenters. The van der Waals surface area contributed by atoms with Crippen molar-refractivity contribution in [2.75, 3.05) is 13.1 Å². The highest BCUT2D eigenvalue weighted by atomic mass is 32.1. The number of thiazole rings is 1. The van der Waals surface area contributed by atoms with Crippen LogP contribution in [0.4, 0.5) is 13.2 Å². The van der Waals surface area contributed by atoms with Gasteiger partial charge in [-0.05, 0) is 25.8 Å². The Morgan fingerprint density at radius 1 is 1.44 bits per heavy atom. The maximum atomic E-state index is 12.5. The second-order valence-corrected chi connectivity index (χ2v) is 5.93. The molecule has 0 bridgehead atoms. The highest BCUT2D eigenvalue weighted by Gasteiger charge is 2.50. The van der Waals surface area contributed by atoms with E-state index in [2.05, 4.69) is 9.88 Å². The lowest BCUT2D eigenvalue weighted by Gasteiger charge is -2.28. The summed E-state index contributed by atoms with van der Waals surface area (Å²) in [5.41, 5.74) is -1.14. The Morgan fingerprint density at radius 3 is 2.89 bits per heavy atom. The summed E-state index contributed by atoms with van der Waals surface area (Å²) in [4.78, 5) is 5.92. The van der Waals surface area contributed by atoms with Crippen molar-refractivity contribution in [3.05, 3.63) is 16.1 Å². The molecule has 3 nitrogen and oxygen atoms in total. The smallest absolute Gasteiger partial charge is 0.383 e. The molecule has 2 unspecified atom stereocenters. The van der Waals surface area contributed by atoms with Crippen molar-refractivity contribution in [3.8, 4) is 0 Å². The molecular weight excluding hydrogens is 265 g/mol. The fourth-order valence-corrected chi connectivity index (χ4v) is 3.96. The molecule has 100 valence electrons. The van der Waals surface area contributed by atoms with E-state index in [1.54, 1.807) is 0 Å². The first-order valence-electron chi connectivity index (χ1n) is 5.91. The summed E-state index contributed by atoms with van der Waals surface area (Å²) in [5.74, 6) is 0. The van der Waals surface area contributed by atoms with Gasteiger partial charge in [-0.2, -0.15) is 13.2 Å². The summed E-state index contributed by atoms with van der Waals surface area (Å²) in [6.07, 6.45) is -0.895. The van der Waals surface area contributed by atoms with Crippen LogP contribution in [0.5, 0.6) is 0 Å². The van der Waals surface area contributed by atoms with E-state index < -0.39 is 16.8 Å². The van der Waals surface area contributed by atoms with Gasteiger partial charge in [0, 0.05) is 18.8 Å². The summed E-state index contributed by atoms with van der Waals surface area (Å²) < 4.78 is 37.6. The van der Waals surface area contributed by atoms with Gasteiger partial charge in [-0.1, -0.05) is 0 Å². The molecule has 2 aliphatic rings. The first-order chi connectivity index (χ1) is 8.41. The number of alkyl halides is 3. The second kappa shape index (κ2) is 3.91. The fourth-order valence-electron chi connectivity index (χ4n) is 3.01. The Hall–Kier alpha value is -0.660. The van der Waals surface area contributed by atoms with Crippen molar-refractivity contribution in [1.82, 2.24) is 9.88 Å². The van der Waals surface area contributed by atoms with Crippen LogP contribution in [0.3, 0.4) is 0 Å². The van der Waals surface area contributed by atoms with Crippen molar-refractivity contribution in [2.45, 2.75) is 37.1 Å². The van der Waals surface area contributed by atoms with Crippen molar-refractivity contribution < 1.29 is 18.3 Å². The molecule has 7 heteroatoms. The standard InChI is InChI=1S/C11H13F3N2OS/c12-11(13,14)9-15-6-8(18-9)10(17)3-5-16-4-1-2-7(10)16/h6-7,17H,1-5H2. The highest BCUT2D eigenvalue weighted by Crippen LogP contribution is 2.46. The Balaban J connectivity index is 1.92. The van der Waals surface area contributed by atoms with Gasteiger partial charge in [-0.25, -0.2) is 4.98 Å². The largest absolute Gasteiger partial charge is 0.443 e. The third-order valence-corrected chi connectivity index (χ3v) is 5.08. The molecule has 1 aromatic heterocycles. The highest BCUT2D eigenvalue weighted by molar-refractivity contribution is 7.11. The van der Waals surface area contributed by atoms with E-state index in [9.17, 15) is 18.3 Å². The van der Waals surface area contributed by atoms with Gasteiger partial charge in [0.15, 0.2) is 5.01 Å². The number of aromatic nitrogens is 1. The predicted molar refractivity (Wildman–Crippen MR) is 60.2 cm³/mol. The van der Waals surface area contributed by atoms with Crippen molar-refractivity contribution >= 4 is 11.3 Å². The van der Waals surface area contributed by atoms with E-state index in [1.807, 2.05) is 0 Å². The van der Waals surface area contributed by atoms with Crippen LogP contribution in [-0.2, 0) is 11.8 Å².